The van der Waals surface area contributed by atoms with Crippen molar-refractivity contribution < 1.29 is 38.1 Å². The normalized spacial score (nSPS) is 10.6. The molecular formula is C34H33N3O8. The number of anilines is 1. The summed E-state index contributed by atoms with van der Waals surface area (Å²) in [5, 5.41) is 6.81. The van der Waals surface area contributed by atoms with Gasteiger partial charge in [-0.25, -0.2) is 10.2 Å². The van der Waals surface area contributed by atoms with Gasteiger partial charge in [-0.3, -0.25) is 9.59 Å². The summed E-state index contributed by atoms with van der Waals surface area (Å²) in [6, 6.07) is 21.4. The minimum atomic E-state index is -0.500. The molecule has 45 heavy (non-hydrogen) atoms. The van der Waals surface area contributed by atoms with E-state index in [-0.39, 0.29) is 5.75 Å². The molecule has 4 rings (SSSR count). The summed E-state index contributed by atoms with van der Waals surface area (Å²) in [4.78, 5) is 38.1. The molecule has 11 heteroatoms. The molecule has 0 atom stereocenters. The zero-order chi connectivity index (χ0) is 32.3. The number of carbonyl (C=O) groups excluding carboxylic acids is 3. The molecule has 232 valence electrons. The Labute approximate surface area is 260 Å². The van der Waals surface area contributed by atoms with Crippen LogP contribution in [0, 0.1) is 6.92 Å². The van der Waals surface area contributed by atoms with Gasteiger partial charge in [0.05, 0.1) is 39.7 Å². The van der Waals surface area contributed by atoms with Gasteiger partial charge < -0.3 is 29.0 Å². The first-order valence-electron chi connectivity index (χ1n) is 13.9. The maximum absolute atomic E-state index is 12.9. The van der Waals surface area contributed by atoms with Crippen LogP contribution in [0.4, 0.5) is 5.69 Å². The SMILES string of the molecule is CCOc1cc(/C=N\NC(=O)c2ccc(NC(=O)c3cc(OC)c(OC)c(OC)c3)cc2)ccc1OC(=O)c1cccc(C)c1. The summed E-state index contributed by atoms with van der Waals surface area (Å²) in [6.45, 7) is 4.06. The first kappa shape index (κ1) is 32.1. The van der Waals surface area contributed by atoms with Crippen molar-refractivity contribution in [3.05, 3.63) is 107 Å². The molecule has 0 aromatic heterocycles. The average molecular weight is 612 g/mol. The summed E-state index contributed by atoms with van der Waals surface area (Å²) >= 11 is 0. The quantitative estimate of drug-likeness (QED) is 0.0908. The fourth-order valence-electron chi connectivity index (χ4n) is 4.24. The fraction of sp³-hybridized carbons (Fsp3) is 0.176. The Balaban J connectivity index is 1.37. The number of amides is 2. The Bertz CT molecular complexity index is 1690. The van der Waals surface area contributed by atoms with Gasteiger partial charge in [-0.1, -0.05) is 17.7 Å². The maximum Gasteiger partial charge on any atom is 0.343 e. The van der Waals surface area contributed by atoms with Gasteiger partial charge in [0.2, 0.25) is 5.75 Å². The van der Waals surface area contributed by atoms with Crippen molar-refractivity contribution in [1.82, 2.24) is 5.43 Å². The Kier molecular flexibility index (Phi) is 10.7. The highest BCUT2D eigenvalue weighted by Gasteiger charge is 2.18. The van der Waals surface area contributed by atoms with Gasteiger partial charge in [0, 0.05) is 16.8 Å². The van der Waals surface area contributed by atoms with Crippen LogP contribution in [-0.4, -0.2) is 51.9 Å². The molecule has 0 radical (unpaired) electrons. The number of ether oxygens (including phenoxy) is 5. The fourth-order valence-corrected chi connectivity index (χ4v) is 4.24. The molecule has 0 saturated carbocycles. The number of methoxy groups -OCH3 is 3. The summed E-state index contributed by atoms with van der Waals surface area (Å²) in [5.41, 5.74) is 5.55. The Morgan fingerprint density at radius 2 is 1.44 bits per heavy atom. The van der Waals surface area contributed by atoms with Crippen LogP contribution >= 0.6 is 0 Å². The van der Waals surface area contributed by atoms with E-state index in [1.165, 1.54) is 27.5 Å². The number of hydrogen-bond acceptors (Lipinski definition) is 9. The summed E-state index contributed by atoms with van der Waals surface area (Å²) in [5.74, 6) is 0.337. The molecule has 0 aliphatic rings. The standard InChI is InChI=1S/C34H33N3O8/c1-6-44-28-17-22(10-15-27(28)45-34(40)24-9-7-8-21(2)16-24)20-35-37-33(39)23-11-13-26(14-12-23)36-32(38)25-18-29(41-3)31(43-5)30(19-25)42-4/h7-20H,6H2,1-5H3,(H,36,38)(H,37,39)/b35-20-. The third kappa shape index (κ3) is 8.17. The molecule has 0 aliphatic heterocycles. The van der Waals surface area contributed by atoms with Gasteiger partial charge in [0.1, 0.15) is 0 Å². The lowest BCUT2D eigenvalue weighted by molar-refractivity contribution is 0.0727. The zero-order valence-corrected chi connectivity index (χ0v) is 25.5. The van der Waals surface area contributed by atoms with E-state index in [1.807, 2.05) is 19.9 Å². The maximum atomic E-state index is 12.9. The van der Waals surface area contributed by atoms with Gasteiger partial charge in [-0.15, -0.1) is 0 Å². The number of rotatable bonds is 12. The van der Waals surface area contributed by atoms with E-state index in [4.69, 9.17) is 23.7 Å². The lowest BCUT2D eigenvalue weighted by atomic mass is 10.1. The second kappa shape index (κ2) is 15.1. The average Bonchev–Trinajstić information content (AvgIpc) is 3.05. The Morgan fingerprint density at radius 1 is 0.733 bits per heavy atom. The highest BCUT2D eigenvalue weighted by Crippen LogP contribution is 2.38. The van der Waals surface area contributed by atoms with Crippen molar-refractivity contribution in [2.24, 2.45) is 5.10 Å². The molecule has 2 amide bonds. The minimum Gasteiger partial charge on any atom is -0.493 e. The van der Waals surface area contributed by atoms with E-state index in [2.05, 4.69) is 15.8 Å². The van der Waals surface area contributed by atoms with Gasteiger partial charge in [-0.05, 0) is 86.1 Å². The molecule has 0 heterocycles. The molecule has 2 N–H and O–H groups in total. The highest BCUT2D eigenvalue weighted by molar-refractivity contribution is 6.05. The Morgan fingerprint density at radius 3 is 2.07 bits per heavy atom. The van der Waals surface area contributed by atoms with Gasteiger partial charge in [0.25, 0.3) is 11.8 Å². The second-order valence-corrected chi connectivity index (χ2v) is 9.54. The molecule has 0 bridgehead atoms. The smallest absolute Gasteiger partial charge is 0.343 e. The van der Waals surface area contributed by atoms with Crippen LogP contribution in [0.5, 0.6) is 28.7 Å². The van der Waals surface area contributed by atoms with E-state index >= 15 is 0 Å². The van der Waals surface area contributed by atoms with Gasteiger partial charge in [0.15, 0.2) is 23.0 Å². The molecule has 4 aromatic carbocycles. The molecule has 0 unspecified atom stereocenters. The number of hydrogen-bond donors (Lipinski definition) is 2. The molecule has 11 nitrogen and oxygen atoms in total. The lowest BCUT2D eigenvalue weighted by Gasteiger charge is -2.14. The van der Waals surface area contributed by atoms with E-state index < -0.39 is 17.8 Å². The number of benzene rings is 4. The molecule has 0 aliphatic carbocycles. The first-order valence-corrected chi connectivity index (χ1v) is 13.9. The second-order valence-electron chi connectivity index (χ2n) is 9.54. The third-order valence-electron chi connectivity index (χ3n) is 6.44. The Hall–Kier alpha value is -5.84. The van der Waals surface area contributed by atoms with Crippen LogP contribution in [0.3, 0.4) is 0 Å². The topological polar surface area (TPSA) is 134 Å². The lowest BCUT2D eigenvalue weighted by Crippen LogP contribution is -2.18. The predicted molar refractivity (Wildman–Crippen MR) is 169 cm³/mol. The molecule has 0 saturated heterocycles. The summed E-state index contributed by atoms with van der Waals surface area (Å²) in [7, 11) is 4.41. The summed E-state index contributed by atoms with van der Waals surface area (Å²) < 4.78 is 27.1. The highest BCUT2D eigenvalue weighted by atomic mass is 16.6. The van der Waals surface area contributed by atoms with Crippen molar-refractivity contribution >= 4 is 29.7 Å². The van der Waals surface area contributed by atoms with Gasteiger partial charge >= 0.3 is 5.97 Å². The predicted octanol–water partition coefficient (Wildman–Crippen LogP) is 5.65. The summed E-state index contributed by atoms with van der Waals surface area (Å²) in [6.07, 6.45) is 1.44. The zero-order valence-electron chi connectivity index (χ0n) is 25.5. The number of hydrazone groups is 1. The van der Waals surface area contributed by atoms with E-state index in [0.717, 1.165) is 5.56 Å². The van der Waals surface area contributed by atoms with Crippen LogP contribution in [0.1, 0.15) is 49.1 Å². The van der Waals surface area contributed by atoms with Crippen LogP contribution in [0.15, 0.2) is 84.0 Å². The number of carbonyl (C=O) groups is 3. The number of aryl methyl sites for hydroxylation is 1. The van der Waals surface area contributed by atoms with Crippen LogP contribution < -0.4 is 34.4 Å². The number of nitrogens with zero attached hydrogens (tertiary/aromatic N) is 1. The molecule has 4 aromatic rings. The van der Waals surface area contributed by atoms with Crippen molar-refractivity contribution in [3.63, 3.8) is 0 Å². The van der Waals surface area contributed by atoms with Crippen molar-refractivity contribution in [1.29, 1.82) is 0 Å². The monoisotopic (exact) mass is 611 g/mol. The first-order chi connectivity index (χ1) is 21.8. The van der Waals surface area contributed by atoms with E-state index in [9.17, 15) is 14.4 Å². The molecule has 0 spiro atoms. The van der Waals surface area contributed by atoms with Gasteiger partial charge in [-0.2, -0.15) is 5.10 Å². The largest absolute Gasteiger partial charge is 0.493 e. The van der Waals surface area contributed by atoms with Crippen LogP contribution in [0.25, 0.3) is 0 Å². The number of esters is 1. The minimum absolute atomic E-state index is 0.266. The number of nitrogens with one attached hydrogen (secondary N) is 2. The van der Waals surface area contributed by atoms with Crippen molar-refractivity contribution in [2.45, 2.75) is 13.8 Å². The van der Waals surface area contributed by atoms with E-state index in [1.54, 1.807) is 72.8 Å². The van der Waals surface area contributed by atoms with Crippen molar-refractivity contribution in [3.8, 4) is 28.7 Å². The third-order valence-corrected chi connectivity index (χ3v) is 6.44. The molecular weight excluding hydrogens is 578 g/mol. The van der Waals surface area contributed by atoms with Crippen LogP contribution in [-0.2, 0) is 0 Å². The van der Waals surface area contributed by atoms with Crippen molar-refractivity contribution in [2.75, 3.05) is 33.3 Å². The molecule has 0 fully saturated rings. The van der Waals surface area contributed by atoms with Crippen LogP contribution in [0.2, 0.25) is 0 Å². The van der Waals surface area contributed by atoms with E-state index in [0.29, 0.717) is 57.5 Å².